The molecule has 0 unspecified atom stereocenters. The zero-order chi connectivity index (χ0) is 29.3. The summed E-state index contributed by atoms with van der Waals surface area (Å²) in [6, 6.07) is 10.8. The molecule has 0 radical (unpaired) electrons. The maximum Gasteiger partial charge on any atom is 0.315 e. The van der Waals surface area contributed by atoms with Gasteiger partial charge in [-0.05, 0) is 54.5 Å². The molecule has 226 valence electrons. The van der Waals surface area contributed by atoms with Crippen molar-refractivity contribution < 1.29 is 33.1 Å². The number of hydrogen-bond donors (Lipinski definition) is 3. The van der Waals surface area contributed by atoms with Crippen LogP contribution < -0.4 is 39.5 Å². The largest absolute Gasteiger partial charge is 0.493 e. The molecule has 43 heavy (non-hydrogen) atoms. The molecule has 7 rings (SSSR count). The summed E-state index contributed by atoms with van der Waals surface area (Å²) < 4.78 is 25.4. The molecule has 11 heteroatoms. The second kappa shape index (κ2) is 12.0. The van der Waals surface area contributed by atoms with Gasteiger partial charge in [0.05, 0.1) is 36.8 Å². The molecule has 0 aliphatic carbocycles. The molecular weight excluding hydrogens is 568 g/mol. The summed E-state index contributed by atoms with van der Waals surface area (Å²) in [6.45, 7) is 2.14. The van der Waals surface area contributed by atoms with Gasteiger partial charge in [-0.1, -0.05) is 6.42 Å². The summed E-state index contributed by atoms with van der Waals surface area (Å²) in [6.07, 6.45) is 7.11. The highest BCUT2D eigenvalue weighted by molar-refractivity contribution is 8.00. The molecule has 3 aromatic rings. The van der Waals surface area contributed by atoms with Crippen LogP contribution in [0.15, 0.2) is 36.5 Å². The van der Waals surface area contributed by atoms with Crippen molar-refractivity contribution >= 4 is 34.5 Å². The van der Waals surface area contributed by atoms with E-state index in [0.717, 1.165) is 77.3 Å². The zero-order valence-corrected chi connectivity index (χ0v) is 25.1. The number of aromatic nitrogens is 1. The number of methoxy groups -OCH3 is 1. The predicted octanol–water partition coefficient (Wildman–Crippen LogP) is 3.70. The minimum Gasteiger partial charge on any atom is -0.493 e. The lowest BCUT2D eigenvalue weighted by molar-refractivity contribution is -0.686. The number of thioether (sulfide) groups is 1. The Morgan fingerprint density at radius 3 is 2.91 bits per heavy atom. The van der Waals surface area contributed by atoms with Crippen molar-refractivity contribution in [2.75, 3.05) is 32.8 Å². The number of pyridine rings is 1. The molecular formula is C32H37N4O6S+. The monoisotopic (exact) mass is 605 g/mol. The van der Waals surface area contributed by atoms with Gasteiger partial charge in [-0.2, -0.15) is 16.3 Å². The molecule has 1 aromatic heterocycles. The van der Waals surface area contributed by atoms with Crippen LogP contribution in [-0.4, -0.2) is 62.1 Å². The number of nitrogens with one attached hydrogen (secondary N) is 3. The van der Waals surface area contributed by atoms with Crippen molar-refractivity contribution in [1.29, 1.82) is 0 Å². The fraction of sp³-hybridized carbons (Fsp3) is 0.469. The van der Waals surface area contributed by atoms with Gasteiger partial charge in [-0.3, -0.25) is 4.79 Å². The molecule has 0 saturated carbocycles. The smallest absolute Gasteiger partial charge is 0.315 e. The SMILES string of the molecule is COc1ccc2cc3[n+](cc2c1OCCCNC(=O)CCCC[C@@H]1SC[C@@H]2NC(=O)N[C@@H]21)CCc1cc2c(cc1-3)OCO2. The summed E-state index contributed by atoms with van der Waals surface area (Å²) in [7, 11) is 1.66. The Labute approximate surface area is 254 Å². The van der Waals surface area contributed by atoms with Crippen molar-refractivity contribution in [1.82, 2.24) is 16.0 Å². The fourth-order valence-electron chi connectivity index (χ4n) is 6.54. The average molecular weight is 606 g/mol. The van der Waals surface area contributed by atoms with Gasteiger partial charge in [0, 0.05) is 36.5 Å². The van der Waals surface area contributed by atoms with E-state index in [1.807, 2.05) is 17.8 Å². The van der Waals surface area contributed by atoms with Crippen LogP contribution in [0.4, 0.5) is 4.79 Å². The number of nitrogens with zero attached hydrogens (tertiary/aromatic N) is 1. The van der Waals surface area contributed by atoms with Crippen LogP contribution in [0, 0.1) is 0 Å². The van der Waals surface area contributed by atoms with Gasteiger partial charge in [0.15, 0.2) is 35.7 Å². The average Bonchev–Trinajstić information content (AvgIpc) is 3.73. The van der Waals surface area contributed by atoms with Crippen LogP contribution in [0.1, 0.15) is 37.7 Å². The van der Waals surface area contributed by atoms with Crippen molar-refractivity contribution in [2.45, 2.75) is 62.4 Å². The van der Waals surface area contributed by atoms with Crippen molar-refractivity contribution in [3.63, 3.8) is 0 Å². The number of urea groups is 1. The first-order chi connectivity index (χ1) is 21.1. The van der Waals surface area contributed by atoms with Gasteiger partial charge in [0.1, 0.15) is 0 Å². The van der Waals surface area contributed by atoms with Crippen molar-refractivity contribution in [3.8, 4) is 34.3 Å². The zero-order valence-electron chi connectivity index (χ0n) is 24.3. The number of ether oxygens (including phenoxy) is 4. The van der Waals surface area contributed by atoms with Crippen LogP contribution in [0.5, 0.6) is 23.0 Å². The second-order valence-corrected chi connectivity index (χ2v) is 12.8. The van der Waals surface area contributed by atoms with Crippen LogP contribution in [-0.2, 0) is 17.8 Å². The summed E-state index contributed by atoms with van der Waals surface area (Å²) >= 11 is 1.91. The van der Waals surface area contributed by atoms with E-state index in [1.165, 1.54) is 5.56 Å². The number of amides is 3. The fourth-order valence-corrected chi connectivity index (χ4v) is 8.09. The minimum atomic E-state index is -0.0546. The Morgan fingerprint density at radius 1 is 1.14 bits per heavy atom. The van der Waals surface area contributed by atoms with Gasteiger partial charge >= 0.3 is 6.03 Å². The van der Waals surface area contributed by atoms with E-state index in [-0.39, 0.29) is 30.8 Å². The Bertz CT molecular complexity index is 1560. The molecule has 5 heterocycles. The maximum atomic E-state index is 12.4. The van der Waals surface area contributed by atoms with Crippen molar-refractivity contribution in [3.05, 3.63) is 42.1 Å². The summed E-state index contributed by atoms with van der Waals surface area (Å²) in [4.78, 5) is 23.9. The Hall–Kier alpha value is -3.86. The third-order valence-corrected chi connectivity index (χ3v) is 10.3. The van der Waals surface area contributed by atoms with Crippen LogP contribution in [0.3, 0.4) is 0 Å². The van der Waals surface area contributed by atoms with E-state index in [4.69, 9.17) is 18.9 Å². The van der Waals surface area contributed by atoms with Gasteiger partial charge in [0.2, 0.25) is 18.4 Å². The lowest BCUT2D eigenvalue weighted by atomic mass is 9.95. The first-order valence-electron chi connectivity index (χ1n) is 15.1. The first-order valence-corrected chi connectivity index (χ1v) is 16.2. The number of rotatable bonds is 11. The highest BCUT2D eigenvalue weighted by atomic mass is 32.2. The molecule has 3 atom stereocenters. The van der Waals surface area contributed by atoms with Crippen LogP contribution in [0.2, 0.25) is 0 Å². The topological polar surface area (TPSA) is 111 Å². The molecule has 3 amide bonds. The lowest BCUT2D eigenvalue weighted by Gasteiger charge is -2.18. The Morgan fingerprint density at radius 2 is 2.02 bits per heavy atom. The molecule has 2 saturated heterocycles. The number of hydrogen-bond acceptors (Lipinski definition) is 7. The molecule has 10 nitrogen and oxygen atoms in total. The number of unbranched alkanes of at least 4 members (excludes halogenated alkanes) is 1. The molecule has 3 N–H and O–H groups in total. The van der Waals surface area contributed by atoms with E-state index < -0.39 is 0 Å². The molecule has 4 aliphatic heterocycles. The first kappa shape index (κ1) is 27.9. The summed E-state index contributed by atoms with van der Waals surface area (Å²) in [5.74, 6) is 4.05. The Kier molecular flexibility index (Phi) is 7.81. The predicted molar refractivity (Wildman–Crippen MR) is 163 cm³/mol. The lowest BCUT2D eigenvalue weighted by Crippen LogP contribution is -2.40. The number of carbonyl (C=O) groups excluding carboxylic acids is 2. The summed E-state index contributed by atoms with van der Waals surface area (Å²) in [5, 5.41) is 11.5. The highest BCUT2D eigenvalue weighted by Gasteiger charge is 2.42. The molecule has 2 aromatic carbocycles. The third kappa shape index (κ3) is 5.62. The van der Waals surface area contributed by atoms with Crippen LogP contribution >= 0.6 is 11.8 Å². The van der Waals surface area contributed by atoms with E-state index in [0.29, 0.717) is 37.0 Å². The number of aryl methyl sites for hydroxylation is 2. The maximum absolute atomic E-state index is 12.4. The third-order valence-electron chi connectivity index (χ3n) is 8.77. The van der Waals surface area contributed by atoms with Crippen molar-refractivity contribution in [2.24, 2.45) is 0 Å². The molecule has 0 bridgehead atoms. The van der Waals surface area contributed by atoms with Gasteiger partial charge < -0.3 is 34.9 Å². The molecule has 2 fully saturated rings. The van der Waals surface area contributed by atoms with E-state index >= 15 is 0 Å². The van der Waals surface area contributed by atoms with Gasteiger partial charge in [0.25, 0.3) is 0 Å². The quantitative estimate of drug-likeness (QED) is 0.174. The number of benzene rings is 2. The number of carbonyl (C=O) groups is 2. The normalized spacial score (nSPS) is 21.0. The van der Waals surface area contributed by atoms with E-state index in [9.17, 15) is 9.59 Å². The number of fused-ring (bicyclic) bond motifs is 6. The Balaban J connectivity index is 0.916. The summed E-state index contributed by atoms with van der Waals surface area (Å²) in [5.41, 5.74) is 3.56. The van der Waals surface area contributed by atoms with E-state index in [2.05, 4.69) is 51.0 Å². The standard InChI is InChI=1S/C32H36N4O6S/c1-39-25-8-7-19-13-24-21-15-27-26(41-18-42-27)14-20(21)9-11-36(24)16-22(19)31(25)40-12-4-10-33-29(37)6-3-2-5-28-30-23(17-43-28)34-32(38)35-30/h7-8,13-16,23,28,30H,2-6,9-12,17-18H2,1H3,(H2-,33,34,35,37,38)/p+1/t23-,28-,30-/m0/s1. The minimum absolute atomic E-state index is 0.0546. The molecule has 4 aliphatic rings. The highest BCUT2D eigenvalue weighted by Crippen LogP contribution is 2.41. The van der Waals surface area contributed by atoms with E-state index in [1.54, 1.807) is 7.11 Å². The van der Waals surface area contributed by atoms with Gasteiger partial charge in [-0.25, -0.2) is 4.79 Å². The second-order valence-electron chi connectivity index (χ2n) is 11.5. The molecule has 0 spiro atoms. The van der Waals surface area contributed by atoms with Crippen LogP contribution in [0.25, 0.3) is 22.0 Å². The van der Waals surface area contributed by atoms with Gasteiger partial charge in [-0.15, -0.1) is 0 Å².